The molecule has 23 heavy (non-hydrogen) atoms. The van der Waals surface area contributed by atoms with Gasteiger partial charge in [0.1, 0.15) is 13.2 Å². The van der Waals surface area contributed by atoms with Gasteiger partial charge >= 0.3 is 0 Å². The lowest BCUT2D eigenvalue weighted by Gasteiger charge is -2.01. The average Bonchev–Trinajstić information content (AvgIpc) is 2.55. The van der Waals surface area contributed by atoms with Gasteiger partial charge in [0.15, 0.2) is 49.4 Å². The lowest BCUT2D eigenvalue weighted by Crippen LogP contribution is -2.38. The molecule has 5 heteroatoms. The van der Waals surface area contributed by atoms with Crippen LogP contribution in [0.15, 0.2) is 49.1 Å². The van der Waals surface area contributed by atoms with Gasteiger partial charge in [-0.15, -0.1) is 0 Å². The summed E-state index contributed by atoms with van der Waals surface area (Å²) in [6, 6.07) is 7.26. The Morgan fingerprint density at radius 3 is 1.43 bits per heavy atom. The second-order valence-electron chi connectivity index (χ2n) is 5.37. The van der Waals surface area contributed by atoms with E-state index in [1.54, 1.807) is 13.8 Å². The first-order valence-electron chi connectivity index (χ1n) is 7.64. The van der Waals surface area contributed by atoms with E-state index in [0.717, 1.165) is 13.1 Å². The zero-order valence-electron chi connectivity index (χ0n) is 13.6. The first kappa shape index (κ1) is 17.0. The fourth-order valence-corrected chi connectivity index (χ4v) is 2.12. The van der Waals surface area contributed by atoms with Crippen molar-refractivity contribution < 1.29 is 23.5 Å². The van der Waals surface area contributed by atoms with E-state index in [1.807, 2.05) is 58.2 Å². The molecule has 0 unspecified atom stereocenters. The summed E-state index contributed by atoms with van der Waals surface area (Å²) in [6.07, 6.45) is 7.54. The number of hydrogen-bond acceptors (Lipinski definition) is 3. The molecule has 0 bridgehead atoms. The Balaban J connectivity index is 1.69. The molecular formula is C18H22N2O3+2. The summed E-state index contributed by atoms with van der Waals surface area (Å²) in [6.45, 7) is 5.82. The maximum absolute atomic E-state index is 11.2. The van der Waals surface area contributed by atoms with Gasteiger partial charge < -0.3 is 4.74 Å². The largest absolute Gasteiger partial charge is 0.368 e. The lowest BCUT2D eigenvalue weighted by atomic mass is 10.2. The Morgan fingerprint density at radius 2 is 1.13 bits per heavy atom. The molecule has 0 aliphatic carbocycles. The van der Waals surface area contributed by atoms with Gasteiger partial charge in [0.2, 0.25) is 0 Å². The number of Topliss-reactive ketones (excluding diaryl/α,β-unsaturated/α-hetero) is 2. The zero-order chi connectivity index (χ0) is 16.7. The van der Waals surface area contributed by atoms with Crippen molar-refractivity contribution in [1.29, 1.82) is 0 Å². The molecule has 0 atom stereocenters. The van der Waals surface area contributed by atoms with Gasteiger partial charge in [0.05, 0.1) is 0 Å². The van der Waals surface area contributed by atoms with Crippen LogP contribution in [-0.4, -0.2) is 24.8 Å². The fraction of sp³-hybridized carbons (Fsp3) is 0.333. The number of hydrogen-bond donors (Lipinski definition) is 0. The summed E-state index contributed by atoms with van der Waals surface area (Å²) >= 11 is 0. The van der Waals surface area contributed by atoms with Crippen molar-refractivity contribution in [3.8, 4) is 0 Å². The molecule has 0 aliphatic rings. The molecule has 2 aromatic heterocycles. The van der Waals surface area contributed by atoms with E-state index in [0.29, 0.717) is 24.3 Å². The summed E-state index contributed by atoms with van der Waals surface area (Å²) < 4.78 is 9.60. The maximum Gasteiger partial charge on any atom is 0.171 e. The average molecular weight is 314 g/mol. The minimum atomic E-state index is 0.0706. The third-order valence-electron chi connectivity index (χ3n) is 3.58. The third-order valence-corrected chi connectivity index (χ3v) is 3.58. The molecule has 0 saturated heterocycles. The lowest BCUT2D eigenvalue weighted by molar-refractivity contribution is -0.705. The van der Waals surface area contributed by atoms with E-state index in [4.69, 9.17) is 4.74 Å². The topological polar surface area (TPSA) is 51.1 Å². The predicted octanol–water partition coefficient (Wildman–Crippen LogP) is 1.38. The Kier molecular flexibility index (Phi) is 6.11. The summed E-state index contributed by atoms with van der Waals surface area (Å²) in [7, 11) is 0. The van der Waals surface area contributed by atoms with Crippen LogP contribution in [0.25, 0.3) is 0 Å². The normalized spacial score (nSPS) is 10.5. The van der Waals surface area contributed by atoms with Crippen molar-refractivity contribution in [3.05, 3.63) is 60.2 Å². The highest BCUT2D eigenvalue weighted by atomic mass is 16.5. The van der Waals surface area contributed by atoms with Crippen molar-refractivity contribution in [3.63, 3.8) is 0 Å². The highest BCUT2D eigenvalue weighted by Crippen LogP contribution is 1.96. The Hall–Kier alpha value is -2.40. The number of ketones is 2. The second kappa shape index (κ2) is 8.29. The SMILES string of the molecule is CC(=O)c1cc[n+](CCOCC[n+]2ccc(C(C)=O)cc2)cc1. The molecule has 0 aliphatic heterocycles. The standard InChI is InChI=1S/C18H22N2O3/c1-15(21)17-3-7-19(8-4-17)11-13-23-14-12-20-9-5-18(6-10-20)16(2)22/h3-10H,11-14H2,1-2H3/q+2. The van der Waals surface area contributed by atoms with Crippen LogP contribution in [0.2, 0.25) is 0 Å². The Labute approximate surface area is 136 Å². The predicted molar refractivity (Wildman–Crippen MR) is 84.1 cm³/mol. The van der Waals surface area contributed by atoms with E-state index in [2.05, 4.69) is 0 Å². The molecule has 120 valence electrons. The van der Waals surface area contributed by atoms with E-state index in [1.165, 1.54) is 0 Å². The van der Waals surface area contributed by atoms with E-state index in [9.17, 15) is 9.59 Å². The number of aromatic nitrogens is 2. The molecule has 0 spiro atoms. The van der Waals surface area contributed by atoms with Crippen LogP contribution in [0.1, 0.15) is 34.6 Å². The molecule has 0 N–H and O–H groups in total. The van der Waals surface area contributed by atoms with Crippen LogP contribution in [0.4, 0.5) is 0 Å². The molecule has 0 radical (unpaired) electrons. The zero-order valence-corrected chi connectivity index (χ0v) is 13.6. The van der Waals surface area contributed by atoms with Crippen LogP contribution in [-0.2, 0) is 17.8 Å². The van der Waals surface area contributed by atoms with Crippen LogP contribution >= 0.6 is 0 Å². The number of nitrogens with zero attached hydrogens (tertiary/aromatic N) is 2. The van der Waals surface area contributed by atoms with Gasteiger partial charge in [-0.05, 0) is 13.8 Å². The van der Waals surface area contributed by atoms with Crippen LogP contribution in [0, 0.1) is 0 Å². The van der Waals surface area contributed by atoms with Crippen molar-refractivity contribution in [2.45, 2.75) is 26.9 Å². The molecule has 2 aromatic rings. The van der Waals surface area contributed by atoms with Gasteiger partial charge in [0, 0.05) is 35.4 Å². The molecular weight excluding hydrogens is 292 g/mol. The summed E-state index contributed by atoms with van der Waals surface area (Å²) in [5.41, 5.74) is 1.43. The monoisotopic (exact) mass is 314 g/mol. The molecule has 0 amide bonds. The third kappa shape index (κ3) is 5.38. The minimum absolute atomic E-state index is 0.0706. The van der Waals surface area contributed by atoms with Gasteiger partial charge in [-0.3, -0.25) is 9.59 Å². The quantitative estimate of drug-likeness (QED) is 0.420. The number of carbonyl (C=O) groups is 2. The molecule has 2 rings (SSSR count). The number of carbonyl (C=O) groups excluding carboxylic acids is 2. The van der Waals surface area contributed by atoms with Gasteiger partial charge in [0.25, 0.3) is 0 Å². The van der Waals surface area contributed by atoms with Crippen molar-refractivity contribution in [2.75, 3.05) is 13.2 Å². The first-order chi connectivity index (χ1) is 11.1. The molecule has 0 fully saturated rings. The summed E-state index contributed by atoms with van der Waals surface area (Å²) in [4.78, 5) is 22.4. The number of ether oxygens (including phenoxy) is 1. The maximum atomic E-state index is 11.2. The molecule has 0 aromatic carbocycles. The van der Waals surface area contributed by atoms with E-state index in [-0.39, 0.29) is 11.6 Å². The van der Waals surface area contributed by atoms with E-state index >= 15 is 0 Å². The molecule has 5 nitrogen and oxygen atoms in total. The highest BCUT2D eigenvalue weighted by molar-refractivity contribution is 5.94. The summed E-state index contributed by atoms with van der Waals surface area (Å²) in [5, 5.41) is 0. The van der Waals surface area contributed by atoms with Crippen LogP contribution in [0.5, 0.6) is 0 Å². The molecule has 2 heterocycles. The van der Waals surface area contributed by atoms with Gasteiger partial charge in [-0.1, -0.05) is 0 Å². The van der Waals surface area contributed by atoms with Crippen molar-refractivity contribution >= 4 is 11.6 Å². The fourth-order valence-electron chi connectivity index (χ4n) is 2.12. The number of rotatable bonds is 8. The smallest absolute Gasteiger partial charge is 0.171 e. The Morgan fingerprint density at radius 1 is 0.783 bits per heavy atom. The van der Waals surface area contributed by atoms with Crippen molar-refractivity contribution in [1.82, 2.24) is 0 Å². The van der Waals surface area contributed by atoms with Crippen molar-refractivity contribution in [2.24, 2.45) is 0 Å². The van der Waals surface area contributed by atoms with Crippen LogP contribution < -0.4 is 9.13 Å². The van der Waals surface area contributed by atoms with E-state index < -0.39 is 0 Å². The first-order valence-corrected chi connectivity index (χ1v) is 7.64. The van der Waals surface area contributed by atoms with Gasteiger partial charge in [-0.25, -0.2) is 9.13 Å². The minimum Gasteiger partial charge on any atom is -0.368 e. The Bertz CT molecular complexity index is 604. The highest BCUT2D eigenvalue weighted by Gasteiger charge is 2.06. The van der Waals surface area contributed by atoms with Gasteiger partial charge in [-0.2, -0.15) is 0 Å². The van der Waals surface area contributed by atoms with Crippen LogP contribution in [0.3, 0.4) is 0 Å². The molecule has 0 saturated carbocycles. The second-order valence-corrected chi connectivity index (χ2v) is 5.37. The number of pyridine rings is 2. The summed E-state index contributed by atoms with van der Waals surface area (Å²) in [5.74, 6) is 0.141.